The van der Waals surface area contributed by atoms with Crippen LogP contribution in [0.5, 0.6) is 11.5 Å². The summed E-state index contributed by atoms with van der Waals surface area (Å²) < 4.78 is 11.6. The third-order valence-corrected chi connectivity index (χ3v) is 7.00. The Kier molecular flexibility index (Phi) is 10.2. The molecule has 0 bridgehead atoms. The largest absolute Gasteiger partial charge is 0.493 e. The number of carbonyl (C=O) groups is 2. The van der Waals surface area contributed by atoms with Crippen molar-refractivity contribution in [3.63, 3.8) is 0 Å². The van der Waals surface area contributed by atoms with E-state index in [4.69, 9.17) is 21.7 Å². The molecule has 2 aromatic rings. The van der Waals surface area contributed by atoms with Crippen molar-refractivity contribution in [2.24, 2.45) is 0 Å². The van der Waals surface area contributed by atoms with Crippen LogP contribution in [0.15, 0.2) is 53.4 Å². The highest BCUT2D eigenvalue weighted by Gasteiger charge is 2.41. The number of methoxy groups -OCH3 is 1. The van der Waals surface area contributed by atoms with Gasteiger partial charge in [0.05, 0.1) is 18.6 Å². The average molecular weight is 514 g/mol. The summed E-state index contributed by atoms with van der Waals surface area (Å²) in [7, 11) is 1.58. The highest BCUT2D eigenvalue weighted by atomic mass is 32.2. The first-order chi connectivity index (χ1) is 17.0. The molecular formula is C27H31NO5S2. The van der Waals surface area contributed by atoms with Gasteiger partial charge in [0.2, 0.25) is 0 Å². The molecule has 0 unspecified atom stereocenters. The van der Waals surface area contributed by atoms with Crippen molar-refractivity contribution in [1.29, 1.82) is 0 Å². The topological polar surface area (TPSA) is 76.1 Å². The second-order valence-electron chi connectivity index (χ2n) is 8.23. The summed E-state index contributed by atoms with van der Waals surface area (Å²) in [5.74, 6) is -0.338. The van der Waals surface area contributed by atoms with Gasteiger partial charge in [0, 0.05) is 0 Å². The summed E-state index contributed by atoms with van der Waals surface area (Å²) in [5.41, 5.74) is 1.23. The zero-order valence-corrected chi connectivity index (χ0v) is 21.7. The first-order valence-corrected chi connectivity index (χ1v) is 13.0. The number of rotatable bonds is 13. The maximum atomic E-state index is 13.2. The van der Waals surface area contributed by atoms with Crippen LogP contribution < -0.4 is 9.47 Å². The predicted molar refractivity (Wildman–Crippen MR) is 144 cm³/mol. The summed E-state index contributed by atoms with van der Waals surface area (Å²) >= 11 is 6.48. The van der Waals surface area contributed by atoms with Gasteiger partial charge in [-0.3, -0.25) is 9.69 Å². The molecule has 1 amide bonds. The second-order valence-corrected chi connectivity index (χ2v) is 9.91. The SMILES string of the molecule is CCCCCCCCOc1ccc(/C=C2\SC(=S)N([C@@H](C(=O)O)c3ccccc3)C2=O)cc1OC. The summed E-state index contributed by atoms with van der Waals surface area (Å²) in [6.45, 7) is 2.83. The number of nitrogens with zero attached hydrogens (tertiary/aromatic N) is 1. The molecule has 3 rings (SSSR count). The first-order valence-electron chi connectivity index (χ1n) is 11.8. The van der Waals surface area contributed by atoms with Crippen LogP contribution in [0, 0.1) is 0 Å². The zero-order chi connectivity index (χ0) is 25.2. The molecule has 1 fully saturated rings. The van der Waals surface area contributed by atoms with E-state index in [0.717, 1.165) is 30.2 Å². The maximum absolute atomic E-state index is 13.2. The van der Waals surface area contributed by atoms with Crippen LogP contribution >= 0.6 is 24.0 Å². The van der Waals surface area contributed by atoms with Crippen molar-refractivity contribution in [3.8, 4) is 11.5 Å². The van der Waals surface area contributed by atoms with Crippen LogP contribution in [0.3, 0.4) is 0 Å². The van der Waals surface area contributed by atoms with Gasteiger partial charge in [-0.15, -0.1) is 0 Å². The van der Waals surface area contributed by atoms with E-state index < -0.39 is 17.9 Å². The van der Waals surface area contributed by atoms with E-state index in [-0.39, 0.29) is 4.32 Å². The number of thioether (sulfide) groups is 1. The summed E-state index contributed by atoms with van der Waals surface area (Å²) in [6, 6.07) is 12.9. The molecule has 0 radical (unpaired) electrons. The Morgan fingerprint density at radius 1 is 1.09 bits per heavy atom. The number of aliphatic carboxylic acids is 1. The van der Waals surface area contributed by atoms with Gasteiger partial charge in [-0.25, -0.2) is 4.79 Å². The molecule has 186 valence electrons. The predicted octanol–water partition coefficient (Wildman–Crippen LogP) is 6.46. The Morgan fingerprint density at radius 3 is 2.49 bits per heavy atom. The minimum atomic E-state index is -1.18. The summed E-state index contributed by atoms with van der Waals surface area (Å²) in [4.78, 5) is 26.7. The van der Waals surface area contributed by atoms with Gasteiger partial charge in [0.1, 0.15) is 4.32 Å². The van der Waals surface area contributed by atoms with Gasteiger partial charge in [-0.2, -0.15) is 0 Å². The number of carboxylic acid groups (broad SMARTS) is 1. The molecule has 0 aromatic heterocycles. The molecule has 1 aliphatic heterocycles. The van der Waals surface area contributed by atoms with Crippen LogP contribution in [0.1, 0.15) is 62.6 Å². The number of amides is 1. The Morgan fingerprint density at radius 2 is 1.80 bits per heavy atom. The van der Waals surface area contributed by atoms with Gasteiger partial charge in [-0.1, -0.05) is 99.4 Å². The van der Waals surface area contributed by atoms with Gasteiger partial charge in [0.15, 0.2) is 17.5 Å². The lowest BCUT2D eigenvalue weighted by molar-refractivity contribution is -0.145. The number of unbranched alkanes of at least 4 members (excludes halogenated alkanes) is 5. The number of hydrogen-bond donors (Lipinski definition) is 1. The molecule has 8 heteroatoms. The van der Waals surface area contributed by atoms with E-state index in [0.29, 0.717) is 28.6 Å². The molecule has 0 aliphatic carbocycles. The Hall–Kier alpha value is -2.84. The van der Waals surface area contributed by atoms with Gasteiger partial charge in [-0.05, 0) is 35.8 Å². The lowest BCUT2D eigenvalue weighted by Crippen LogP contribution is -2.37. The molecule has 0 spiro atoms. The molecule has 1 N–H and O–H groups in total. The lowest BCUT2D eigenvalue weighted by atomic mass is 10.1. The van der Waals surface area contributed by atoms with Crippen molar-refractivity contribution >= 4 is 46.3 Å². The number of ether oxygens (including phenoxy) is 2. The van der Waals surface area contributed by atoms with Crippen LogP contribution in [-0.2, 0) is 9.59 Å². The fraction of sp³-hybridized carbons (Fsp3) is 0.370. The van der Waals surface area contributed by atoms with Crippen LogP contribution in [0.4, 0.5) is 0 Å². The van der Waals surface area contributed by atoms with E-state index in [1.165, 1.54) is 30.6 Å². The molecule has 1 aliphatic rings. The fourth-order valence-corrected chi connectivity index (χ4v) is 5.16. The summed E-state index contributed by atoms with van der Waals surface area (Å²) in [5, 5.41) is 9.83. The molecule has 1 heterocycles. The quantitative estimate of drug-likeness (QED) is 0.187. The van der Waals surface area contributed by atoms with Crippen molar-refractivity contribution in [1.82, 2.24) is 4.90 Å². The van der Waals surface area contributed by atoms with E-state index in [9.17, 15) is 14.7 Å². The van der Waals surface area contributed by atoms with Crippen LogP contribution in [0.2, 0.25) is 0 Å². The molecular weight excluding hydrogens is 482 g/mol. The van der Waals surface area contributed by atoms with Crippen molar-refractivity contribution < 1.29 is 24.2 Å². The van der Waals surface area contributed by atoms with Crippen LogP contribution in [-0.4, -0.2) is 39.9 Å². The number of hydrogen-bond acceptors (Lipinski definition) is 6. The zero-order valence-electron chi connectivity index (χ0n) is 20.1. The number of benzene rings is 2. The molecule has 0 saturated carbocycles. The minimum Gasteiger partial charge on any atom is -0.493 e. The third kappa shape index (κ3) is 7.08. The van der Waals surface area contributed by atoms with E-state index in [1.54, 1.807) is 49.6 Å². The highest BCUT2D eigenvalue weighted by Crippen LogP contribution is 2.39. The fourth-order valence-electron chi connectivity index (χ4n) is 3.85. The number of thiocarbonyl (C=S) groups is 1. The second kappa shape index (κ2) is 13.3. The van der Waals surface area contributed by atoms with Gasteiger partial charge >= 0.3 is 5.97 Å². The van der Waals surface area contributed by atoms with Crippen molar-refractivity contribution in [3.05, 3.63) is 64.6 Å². The first kappa shape index (κ1) is 26.8. The summed E-state index contributed by atoms with van der Waals surface area (Å²) in [6.07, 6.45) is 8.82. The minimum absolute atomic E-state index is 0.211. The number of carbonyl (C=O) groups excluding carboxylic acids is 1. The molecule has 1 saturated heterocycles. The van der Waals surface area contributed by atoms with Crippen molar-refractivity contribution in [2.75, 3.05) is 13.7 Å². The Labute approximate surface area is 216 Å². The smallest absolute Gasteiger partial charge is 0.331 e. The van der Waals surface area contributed by atoms with Crippen molar-refractivity contribution in [2.45, 2.75) is 51.5 Å². The van der Waals surface area contributed by atoms with E-state index >= 15 is 0 Å². The lowest BCUT2D eigenvalue weighted by Gasteiger charge is -2.23. The molecule has 2 aromatic carbocycles. The molecule has 35 heavy (non-hydrogen) atoms. The average Bonchev–Trinajstić information content (AvgIpc) is 3.12. The van der Waals surface area contributed by atoms with E-state index in [2.05, 4.69) is 6.92 Å². The Bertz CT molecular complexity index is 1070. The Balaban J connectivity index is 1.70. The molecule has 6 nitrogen and oxygen atoms in total. The van der Waals surface area contributed by atoms with Gasteiger partial charge < -0.3 is 14.6 Å². The monoisotopic (exact) mass is 513 g/mol. The van der Waals surface area contributed by atoms with Gasteiger partial charge in [0.25, 0.3) is 5.91 Å². The molecule has 1 atom stereocenters. The third-order valence-electron chi connectivity index (χ3n) is 5.67. The highest BCUT2D eigenvalue weighted by molar-refractivity contribution is 8.26. The van der Waals surface area contributed by atoms with E-state index in [1.807, 2.05) is 12.1 Å². The van der Waals surface area contributed by atoms with Crippen LogP contribution in [0.25, 0.3) is 6.08 Å². The normalized spacial score (nSPS) is 15.5. The standard InChI is InChI=1S/C27H31NO5S2/c1-3-4-5-6-7-11-16-33-21-15-14-19(17-22(21)32-2)18-23-25(29)28(27(34)35-23)24(26(30)31)20-12-9-8-10-13-20/h8-10,12-15,17-18,24H,3-7,11,16H2,1-2H3,(H,30,31)/b23-18-/t24-/m1/s1. The number of carboxylic acids is 1. The maximum Gasteiger partial charge on any atom is 0.331 e.